The number of rotatable bonds is 4. The molecule has 0 aromatic carbocycles. The molecule has 0 N–H and O–H groups in total. The van der Waals surface area contributed by atoms with Crippen LogP contribution >= 0.6 is 22.6 Å². The van der Waals surface area contributed by atoms with E-state index in [0.717, 1.165) is 17.3 Å². The van der Waals surface area contributed by atoms with E-state index in [0.29, 0.717) is 18.4 Å². The predicted octanol–water partition coefficient (Wildman–Crippen LogP) is 2.19. The number of hydrogen-bond acceptors (Lipinski definition) is 4. The lowest BCUT2D eigenvalue weighted by atomic mass is 9.80. The number of alkyl halides is 1. The third kappa shape index (κ3) is 2.08. The molecule has 3 rings (SSSR count). The van der Waals surface area contributed by atoms with Crippen LogP contribution in [0.25, 0.3) is 0 Å². The quantitative estimate of drug-likeness (QED) is 0.428. The van der Waals surface area contributed by atoms with Gasteiger partial charge in [0.15, 0.2) is 0 Å². The molecule has 2 bridgehead atoms. The topological polar surface area (TPSA) is 52.6 Å². The fourth-order valence-electron chi connectivity index (χ4n) is 3.78. The number of fused-ring (bicyclic) bond motifs is 1. The minimum atomic E-state index is -0.448. The standard InChI is InChI=1S/C14H19IO4/c1-14(2,6-15)13(17)18-5-9-7-3-8-10(4-7)19-12(16)11(8)9/h7-11H,3-6H2,1-2H3. The molecule has 0 amide bonds. The van der Waals surface area contributed by atoms with Crippen LogP contribution in [0.1, 0.15) is 26.7 Å². The molecule has 0 spiro atoms. The first-order valence-electron chi connectivity index (χ1n) is 6.87. The van der Waals surface area contributed by atoms with Gasteiger partial charge in [0.1, 0.15) is 6.10 Å². The molecule has 1 aliphatic heterocycles. The molecule has 2 saturated carbocycles. The van der Waals surface area contributed by atoms with E-state index >= 15 is 0 Å². The number of carbonyl (C=O) groups excluding carboxylic acids is 2. The molecule has 0 aromatic heterocycles. The molecule has 0 radical (unpaired) electrons. The van der Waals surface area contributed by atoms with E-state index in [-0.39, 0.29) is 29.9 Å². The molecule has 2 aliphatic carbocycles. The second kappa shape index (κ2) is 4.60. The lowest BCUT2D eigenvalue weighted by molar-refractivity contribution is -0.156. The zero-order valence-corrected chi connectivity index (χ0v) is 13.4. The lowest BCUT2D eigenvalue weighted by Gasteiger charge is -2.26. The van der Waals surface area contributed by atoms with Crippen LogP contribution in [0.15, 0.2) is 0 Å². The Morgan fingerprint density at radius 1 is 1.47 bits per heavy atom. The average molecular weight is 378 g/mol. The fraction of sp³-hybridized carbons (Fsp3) is 0.857. The van der Waals surface area contributed by atoms with Crippen LogP contribution < -0.4 is 0 Å². The number of carbonyl (C=O) groups is 2. The van der Waals surface area contributed by atoms with Gasteiger partial charge in [0.05, 0.1) is 17.9 Å². The smallest absolute Gasteiger partial charge is 0.312 e. The van der Waals surface area contributed by atoms with Crippen LogP contribution in [0.5, 0.6) is 0 Å². The third-order valence-corrected chi connectivity index (χ3v) is 6.86. The van der Waals surface area contributed by atoms with E-state index < -0.39 is 5.41 Å². The maximum absolute atomic E-state index is 12.0. The first-order chi connectivity index (χ1) is 8.94. The number of halogens is 1. The number of esters is 2. The number of ether oxygens (including phenoxy) is 2. The average Bonchev–Trinajstić information content (AvgIpc) is 2.96. The maximum atomic E-state index is 12.0. The molecule has 5 heteroatoms. The summed E-state index contributed by atoms with van der Waals surface area (Å²) in [6.07, 6.45) is 2.18. The second-order valence-corrected chi connectivity index (χ2v) is 7.44. The van der Waals surface area contributed by atoms with Crippen molar-refractivity contribution in [1.82, 2.24) is 0 Å². The molecule has 4 nitrogen and oxygen atoms in total. The van der Waals surface area contributed by atoms with E-state index in [1.807, 2.05) is 13.8 Å². The predicted molar refractivity (Wildman–Crippen MR) is 76.7 cm³/mol. The SMILES string of the molecule is CC(C)(CI)C(=O)OCC1C2CC3OC(=O)C1C3C2. The summed E-state index contributed by atoms with van der Waals surface area (Å²) in [6.45, 7) is 4.16. The molecule has 5 atom stereocenters. The molecule has 106 valence electrons. The molecule has 3 fully saturated rings. The van der Waals surface area contributed by atoms with Gasteiger partial charge in [0, 0.05) is 16.3 Å². The van der Waals surface area contributed by atoms with E-state index in [1.165, 1.54) is 0 Å². The molecular formula is C14H19IO4. The van der Waals surface area contributed by atoms with Gasteiger partial charge in [-0.1, -0.05) is 22.6 Å². The first kappa shape index (κ1) is 13.6. The maximum Gasteiger partial charge on any atom is 0.312 e. The van der Waals surface area contributed by atoms with Gasteiger partial charge in [-0.2, -0.15) is 0 Å². The first-order valence-corrected chi connectivity index (χ1v) is 8.40. The monoisotopic (exact) mass is 378 g/mol. The van der Waals surface area contributed by atoms with Gasteiger partial charge in [-0.05, 0) is 32.6 Å². The zero-order valence-electron chi connectivity index (χ0n) is 11.2. The van der Waals surface area contributed by atoms with Crippen LogP contribution in [0.3, 0.4) is 0 Å². The summed E-state index contributed by atoms with van der Waals surface area (Å²) in [5, 5.41) is 0. The van der Waals surface area contributed by atoms with Crippen molar-refractivity contribution in [3.63, 3.8) is 0 Å². The second-order valence-electron chi connectivity index (χ2n) is 6.68. The summed E-state index contributed by atoms with van der Waals surface area (Å²) in [7, 11) is 0. The van der Waals surface area contributed by atoms with Crippen molar-refractivity contribution in [3.8, 4) is 0 Å². The van der Waals surface area contributed by atoms with E-state index in [4.69, 9.17) is 9.47 Å². The van der Waals surface area contributed by atoms with Crippen molar-refractivity contribution in [2.45, 2.75) is 32.8 Å². The lowest BCUT2D eigenvalue weighted by Crippen LogP contribution is -2.34. The molecule has 19 heavy (non-hydrogen) atoms. The van der Waals surface area contributed by atoms with Gasteiger partial charge in [-0.25, -0.2) is 0 Å². The summed E-state index contributed by atoms with van der Waals surface area (Å²) in [6, 6.07) is 0. The zero-order chi connectivity index (χ0) is 13.8. The minimum Gasteiger partial charge on any atom is -0.465 e. The number of hydrogen-bond donors (Lipinski definition) is 0. The minimum absolute atomic E-state index is 0.0146. The van der Waals surface area contributed by atoms with Gasteiger partial charge in [0.25, 0.3) is 0 Å². The highest BCUT2D eigenvalue weighted by Crippen LogP contribution is 2.57. The summed E-state index contributed by atoms with van der Waals surface area (Å²) in [5.41, 5.74) is -0.448. The molecular weight excluding hydrogens is 359 g/mol. The molecule has 5 unspecified atom stereocenters. The third-order valence-electron chi connectivity index (χ3n) is 4.95. The molecule has 1 saturated heterocycles. The highest BCUT2D eigenvalue weighted by atomic mass is 127. The highest BCUT2D eigenvalue weighted by molar-refractivity contribution is 14.1. The summed E-state index contributed by atoms with van der Waals surface area (Å²) < 4.78 is 11.6. The summed E-state index contributed by atoms with van der Waals surface area (Å²) >= 11 is 2.20. The van der Waals surface area contributed by atoms with Crippen LogP contribution in [0, 0.1) is 29.1 Å². The Morgan fingerprint density at radius 2 is 2.21 bits per heavy atom. The molecule has 1 heterocycles. The van der Waals surface area contributed by atoms with Gasteiger partial charge in [-0.3, -0.25) is 9.59 Å². The van der Waals surface area contributed by atoms with Crippen LogP contribution in [-0.4, -0.2) is 29.1 Å². The van der Waals surface area contributed by atoms with Crippen molar-refractivity contribution in [3.05, 3.63) is 0 Å². The van der Waals surface area contributed by atoms with Crippen molar-refractivity contribution < 1.29 is 19.1 Å². The Hall–Kier alpha value is -0.330. The Morgan fingerprint density at radius 3 is 2.89 bits per heavy atom. The summed E-state index contributed by atoms with van der Waals surface area (Å²) in [5.74, 6) is 0.835. The van der Waals surface area contributed by atoms with Crippen molar-refractivity contribution in [1.29, 1.82) is 0 Å². The summed E-state index contributed by atoms with van der Waals surface area (Å²) in [4.78, 5) is 23.8. The Bertz CT molecular complexity index is 418. The molecule has 3 aliphatic rings. The largest absolute Gasteiger partial charge is 0.465 e. The van der Waals surface area contributed by atoms with E-state index in [1.54, 1.807) is 0 Å². The molecule has 0 aromatic rings. The van der Waals surface area contributed by atoms with Crippen molar-refractivity contribution in [2.75, 3.05) is 11.0 Å². The van der Waals surface area contributed by atoms with Gasteiger partial charge < -0.3 is 9.47 Å². The fourth-order valence-corrected chi connectivity index (χ4v) is 4.09. The van der Waals surface area contributed by atoms with Gasteiger partial charge in [0.2, 0.25) is 0 Å². The Kier molecular flexibility index (Phi) is 3.30. The van der Waals surface area contributed by atoms with E-state index in [9.17, 15) is 9.59 Å². The van der Waals surface area contributed by atoms with E-state index in [2.05, 4.69) is 22.6 Å². The van der Waals surface area contributed by atoms with Gasteiger partial charge in [-0.15, -0.1) is 0 Å². The normalized spacial score (nSPS) is 39.5. The Balaban J connectivity index is 1.63. The van der Waals surface area contributed by atoms with Crippen molar-refractivity contribution >= 4 is 34.5 Å². The van der Waals surface area contributed by atoms with Gasteiger partial charge >= 0.3 is 11.9 Å². The highest BCUT2D eigenvalue weighted by Gasteiger charge is 2.62. The Labute approximate surface area is 126 Å². The van der Waals surface area contributed by atoms with Crippen LogP contribution in [0.2, 0.25) is 0 Å². The van der Waals surface area contributed by atoms with Crippen LogP contribution in [0.4, 0.5) is 0 Å². The van der Waals surface area contributed by atoms with Crippen molar-refractivity contribution in [2.24, 2.45) is 29.1 Å². The van der Waals surface area contributed by atoms with Crippen LogP contribution in [-0.2, 0) is 19.1 Å².